The fourth-order valence-electron chi connectivity index (χ4n) is 3.69. The molecule has 2 aromatic rings. The van der Waals surface area contributed by atoms with Gasteiger partial charge < -0.3 is 15.2 Å². The van der Waals surface area contributed by atoms with E-state index in [1.807, 2.05) is 45.9 Å². The average molecular weight is 357 g/mol. The average Bonchev–Trinajstić information content (AvgIpc) is 2.78. The Hall–Kier alpha value is -2.56. The van der Waals surface area contributed by atoms with Crippen LogP contribution in [0.15, 0.2) is 36.4 Å². The van der Waals surface area contributed by atoms with E-state index in [1.54, 1.807) is 12.1 Å². The molecule has 1 atom stereocenters. The van der Waals surface area contributed by atoms with Crippen LogP contribution in [-0.4, -0.2) is 17.3 Å². The Balaban J connectivity index is 2.00. The summed E-state index contributed by atoms with van der Waals surface area (Å²) in [6, 6.07) is 10.2. The van der Waals surface area contributed by atoms with E-state index >= 15 is 0 Å². The standard InChI is InChI=1S/C21H24FNO3/c1-12(2)26-15-6-8-18(22)17(10-15)13-5-7-16-14(9-13)11-21(3,4)19(16)23-20(24)25/h5-10,12,19,23H,11H2,1-4H3,(H,24,25). The summed E-state index contributed by atoms with van der Waals surface area (Å²) in [6.45, 7) is 7.92. The van der Waals surface area contributed by atoms with Gasteiger partial charge in [0.05, 0.1) is 12.1 Å². The minimum absolute atomic E-state index is 0.0111. The summed E-state index contributed by atoms with van der Waals surface area (Å²) in [4.78, 5) is 11.1. The minimum Gasteiger partial charge on any atom is -0.491 e. The van der Waals surface area contributed by atoms with E-state index in [4.69, 9.17) is 9.84 Å². The molecule has 0 fully saturated rings. The molecule has 1 amide bonds. The third kappa shape index (κ3) is 3.52. The van der Waals surface area contributed by atoms with Crippen LogP contribution < -0.4 is 10.1 Å². The molecule has 0 saturated heterocycles. The molecule has 138 valence electrons. The summed E-state index contributed by atoms with van der Waals surface area (Å²) in [6.07, 6.45) is -0.299. The Morgan fingerprint density at radius 2 is 2.00 bits per heavy atom. The van der Waals surface area contributed by atoms with E-state index in [-0.39, 0.29) is 23.4 Å². The van der Waals surface area contributed by atoms with Crippen LogP contribution in [0, 0.1) is 11.2 Å². The lowest BCUT2D eigenvalue weighted by Crippen LogP contribution is -2.34. The number of halogens is 1. The molecule has 0 radical (unpaired) electrons. The summed E-state index contributed by atoms with van der Waals surface area (Å²) in [5.74, 6) is 0.321. The quantitative estimate of drug-likeness (QED) is 0.793. The van der Waals surface area contributed by atoms with Gasteiger partial charge in [0, 0.05) is 5.56 Å². The van der Waals surface area contributed by atoms with Gasteiger partial charge in [0.1, 0.15) is 11.6 Å². The molecule has 5 heteroatoms. The van der Waals surface area contributed by atoms with Crippen LogP contribution in [0.2, 0.25) is 0 Å². The van der Waals surface area contributed by atoms with E-state index in [2.05, 4.69) is 5.32 Å². The molecule has 2 aromatic carbocycles. The molecule has 26 heavy (non-hydrogen) atoms. The second-order valence-electron chi connectivity index (χ2n) is 7.77. The first-order valence-electron chi connectivity index (χ1n) is 8.76. The van der Waals surface area contributed by atoms with Gasteiger partial charge in [-0.05, 0) is 60.6 Å². The van der Waals surface area contributed by atoms with Gasteiger partial charge in [0.2, 0.25) is 0 Å². The highest BCUT2D eigenvalue weighted by Gasteiger charge is 2.40. The first-order chi connectivity index (χ1) is 12.2. The zero-order valence-corrected chi connectivity index (χ0v) is 15.5. The van der Waals surface area contributed by atoms with Crippen LogP contribution in [0.5, 0.6) is 5.75 Å². The molecule has 0 heterocycles. The molecule has 0 aliphatic heterocycles. The van der Waals surface area contributed by atoms with Gasteiger partial charge in [-0.25, -0.2) is 9.18 Å². The highest BCUT2D eigenvalue weighted by atomic mass is 19.1. The van der Waals surface area contributed by atoms with Crippen molar-refractivity contribution in [2.45, 2.75) is 46.3 Å². The van der Waals surface area contributed by atoms with Crippen molar-refractivity contribution in [2.75, 3.05) is 0 Å². The van der Waals surface area contributed by atoms with Crippen LogP contribution in [-0.2, 0) is 6.42 Å². The fraction of sp³-hybridized carbons (Fsp3) is 0.381. The van der Waals surface area contributed by atoms with Gasteiger partial charge in [-0.15, -0.1) is 0 Å². The number of rotatable bonds is 4. The predicted octanol–water partition coefficient (Wildman–Crippen LogP) is 5.17. The Bertz CT molecular complexity index is 845. The van der Waals surface area contributed by atoms with Crippen molar-refractivity contribution in [1.82, 2.24) is 5.32 Å². The Kier molecular flexibility index (Phi) is 4.65. The zero-order valence-electron chi connectivity index (χ0n) is 15.5. The molecular weight excluding hydrogens is 333 g/mol. The van der Waals surface area contributed by atoms with Crippen molar-refractivity contribution in [3.05, 3.63) is 53.3 Å². The van der Waals surface area contributed by atoms with Gasteiger partial charge in [-0.1, -0.05) is 32.0 Å². The third-order valence-electron chi connectivity index (χ3n) is 4.77. The molecular formula is C21H24FNO3. The van der Waals surface area contributed by atoms with Crippen molar-refractivity contribution in [2.24, 2.45) is 5.41 Å². The number of hydrogen-bond donors (Lipinski definition) is 2. The number of hydrogen-bond acceptors (Lipinski definition) is 2. The number of carboxylic acid groups (broad SMARTS) is 1. The highest BCUT2D eigenvalue weighted by Crippen LogP contribution is 2.46. The topological polar surface area (TPSA) is 58.6 Å². The van der Waals surface area contributed by atoms with Crippen LogP contribution in [0.4, 0.5) is 9.18 Å². The van der Waals surface area contributed by atoms with Crippen molar-refractivity contribution >= 4 is 6.09 Å². The number of fused-ring (bicyclic) bond motifs is 1. The second kappa shape index (κ2) is 6.63. The van der Waals surface area contributed by atoms with Gasteiger partial charge in [-0.2, -0.15) is 0 Å². The maximum Gasteiger partial charge on any atom is 0.405 e. The predicted molar refractivity (Wildman–Crippen MR) is 99.0 cm³/mol. The molecule has 0 aromatic heterocycles. The van der Waals surface area contributed by atoms with Crippen molar-refractivity contribution < 1.29 is 19.0 Å². The van der Waals surface area contributed by atoms with Gasteiger partial charge >= 0.3 is 6.09 Å². The summed E-state index contributed by atoms with van der Waals surface area (Å²) in [5.41, 5.74) is 3.01. The van der Waals surface area contributed by atoms with Crippen molar-refractivity contribution in [3.8, 4) is 16.9 Å². The maximum absolute atomic E-state index is 14.4. The van der Waals surface area contributed by atoms with E-state index in [0.29, 0.717) is 11.3 Å². The van der Waals surface area contributed by atoms with E-state index in [0.717, 1.165) is 23.1 Å². The number of carbonyl (C=O) groups is 1. The molecule has 1 unspecified atom stereocenters. The zero-order chi connectivity index (χ0) is 19.1. The van der Waals surface area contributed by atoms with Crippen LogP contribution in [0.1, 0.15) is 44.9 Å². The molecule has 0 spiro atoms. The van der Waals surface area contributed by atoms with E-state index < -0.39 is 6.09 Å². The Morgan fingerprint density at radius 1 is 1.27 bits per heavy atom. The first kappa shape index (κ1) is 18.2. The number of amides is 1. The normalized spacial score (nSPS) is 17.8. The van der Waals surface area contributed by atoms with Crippen molar-refractivity contribution in [1.29, 1.82) is 0 Å². The van der Waals surface area contributed by atoms with Crippen LogP contribution >= 0.6 is 0 Å². The Labute approximate surface area is 153 Å². The second-order valence-corrected chi connectivity index (χ2v) is 7.77. The lowest BCUT2D eigenvalue weighted by molar-refractivity contribution is 0.175. The van der Waals surface area contributed by atoms with Crippen molar-refractivity contribution in [3.63, 3.8) is 0 Å². The molecule has 0 bridgehead atoms. The highest BCUT2D eigenvalue weighted by molar-refractivity contribution is 5.69. The molecule has 1 aliphatic rings. The van der Waals surface area contributed by atoms with Gasteiger partial charge in [0.15, 0.2) is 0 Å². The summed E-state index contributed by atoms with van der Waals surface area (Å²) < 4.78 is 20.1. The lowest BCUT2D eigenvalue weighted by Gasteiger charge is -2.27. The molecule has 1 aliphatic carbocycles. The fourth-order valence-corrected chi connectivity index (χ4v) is 3.69. The monoisotopic (exact) mass is 357 g/mol. The van der Waals surface area contributed by atoms with Crippen LogP contribution in [0.3, 0.4) is 0 Å². The maximum atomic E-state index is 14.4. The molecule has 3 rings (SSSR count). The number of ether oxygens (including phenoxy) is 1. The largest absolute Gasteiger partial charge is 0.491 e. The Morgan fingerprint density at radius 3 is 2.65 bits per heavy atom. The van der Waals surface area contributed by atoms with E-state index in [9.17, 15) is 9.18 Å². The SMILES string of the molecule is CC(C)Oc1ccc(F)c(-c2ccc3c(c2)CC(C)(C)C3NC(=O)O)c1. The van der Waals surface area contributed by atoms with Crippen LogP contribution in [0.25, 0.3) is 11.1 Å². The summed E-state index contributed by atoms with van der Waals surface area (Å²) >= 11 is 0. The molecule has 2 N–H and O–H groups in total. The number of nitrogens with one attached hydrogen (secondary N) is 1. The first-order valence-corrected chi connectivity index (χ1v) is 8.76. The third-order valence-corrected chi connectivity index (χ3v) is 4.77. The smallest absolute Gasteiger partial charge is 0.405 e. The van der Waals surface area contributed by atoms with Gasteiger partial charge in [0.25, 0.3) is 0 Å². The summed E-state index contributed by atoms with van der Waals surface area (Å²) in [5, 5.41) is 11.7. The summed E-state index contributed by atoms with van der Waals surface area (Å²) in [7, 11) is 0. The number of benzene rings is 2. The van der Waals surface area contributed by atoms with E-state index in [1.165, 1.54) is 6.07 Å². The lowest BCUT2D eigenvalue weighted by atomic mass is 9.85. The minimum atomic E-state index is -1.04. The van der Waals surface area contributed by atoms with Gasteiger partial charge in [-0.3, -0.25) is 0 Å². The molecule has 4 nitrogen and oxygen atoms in total. The molecule has 0 saturated carbocycles.